The third-order valence-electron chi connectivity index (χ3n) is 5.56. The predicted octanol–water partition coefficient (Wildman–Crippen LogP) is 4.72. The molecule has 208 valence electrons. The van der Waals surface area contributed by atoms with Crippen LogP contribution in [0.1, 0.15) is 16.8 Å². The number of halogens is 2. The molecular formula is C27H25Cl2N5O5S. The molecular weight excluding hydrogens is 577 g/mol. The van der Waals surface area contributed by atoms with Gasteiger partial charge >= 0.3 is 0 Å². The van der Waals surface area contributed by atoms with E-state index in [9.17, 15) is 18.0 Å². The van der Waals surface area contributed by atoms with Crippen LogP contribution in [-0.2, 0) is 21.4 Å². The van der Waals surface area contributed by atoms with Crippen molar-refractivity contribution >= 4 is 50.7 Å². The third kappa shape index (κ3) is 7.98. The maximum atomic E-state index is 13.0. The van der Waals surface area contributed by atoms with Crippen LogP contribution in [0.5, 0.6) is 11.5 Å². The van der Waals surface area contributed by atoms with E-state index < -0.39 is 15.9 Å². The first-order valence-corrected chi connectivity index (χ1v) is 14.3. The Balaban J connectivity index is 1.31. The van der Waals surface area contributed by atoms with E-state index in [1.54, 1.807) is 48.9 Å². The summed E-state index contributed by atoms with van der Waals surface area (Å²) in [7, 11) is -4.03. The van der Waals surface area contributed by atoms with E-state index in [0.717, 1.165) is 0 Å². The number of rotatable bonds is 12. The quantitative estimate of drug-likeness (QED) is 0.201. The van der Waals surface area contributed by atoms with Gasteiger partial charge in [-0.05, 0) is 61.0 Å². The van der Waals surface area contributed by atoms with Crippen LogP contribution in [-0.4, -0.2) is 42.9 Å². The molecule has 4 aromatic rings. The Morgan fingerprint density at radius 3 is 2.45 bits per heavy atom. The minimum Gasteiger partial charge on any atom is -0.454 e. The van der Waals surface area contributed by atoms with Gasteiger partial charge in [-0.25, -0.2) is 13.4 Å². The van der Waals surface area contributed by atoms with E-state index in [2.05, 4.69) is 20.3 Å². The fraction of sp³-hybridized carbons (Fsp3) is 0.148. The number of anilines is 1. The monoisotopic (exact) mass is 601 g/mol. The van der Waals surface area contributed by atoms with Crippen molar-refractivity contribution in [2.24, 2.45) is 0 Å². The van der Waals surface area contributed by atoms with E-state index in [1.807, 2.05) is 10.8 Å². The molecule has 0 spiro atoms. The van der Waals surface area contributed by atoms with Crippen LogP contribution < -0.4 is 20.1 Å². The number of carbonyl (C=O) groups excluding carboxylic acids is 2. The summed E-state index contributed by atoms with van der Waals surface area (Å²) in [4.78, 5) is 28.4. The molecule has 10 nitrogen and oxygen atoms in total. The molecule has 0 atom stereocenters. The summed E-state index contributed by atoms with van der Waals surface area (Å²) in [5.41, 5.74) is 0.388. The molecule has 0 saturated carbocycles. The second-order valence-corrected chi connectivity index (χ2v) is 11.0. The Hall–Kier alpha value is -4.06. The first-order valence-electron chi connectivity index (χ1n) is 12.1. The largest absolute Gasteiger partial charge is 0.454 e. The van der Waals surface area contributed by atoms with Gasteiger partial charge in [-0.2, -0.15) is 0 Å². The molecule has 0 saturated heterocycles. The zero-order valence-electron chi connectivity index (χ0n) is 21.0. The normalized spacial score (nSPS) is 11.1. The minimum atomic E-state index is -4.03. The molecule has 0 radical (unpaired) electrons. The summed E-state index contributed by atoms with van der Waals surface area (Å²) in [5.74, 6) is -0.310. The number of benzene rings is 3. The van der Waals surface area contributed by atoms with Crippen molar-refractivity contribution in [3.63, 3.8) is 0 Å². The van der Waals surface area contributed by atoms with Crippen LogP contribution in [0.3, 0.4) is 0 Å². The fourth-order valence-corrected chi connectivity index (χ4v) is 5.06. The molecule has 2 amide bonds. The van der Waals surface area contributed by atoms with Gasteiger partial charge < -0.3 is 19.9 Å². The number of imidazole rings is 1. The third-order valence-corrected chi connectivity index (χ3v) is 7.47. The highest BCUT2D eigenvalue weighted by molar-refractivity contribution is 7.92. The molecule has 40 heavy (non-hydrogen) atoms. The molecule has 0 aliphatic rings. The lowest BCUT2D eigenvalue weighted by Crippen LogP contribution is -2.37. The van der Waals surface area contributed by atoms with Gasteiger partial charge in [-0.3, -0.25) is 14.3 Å². The zero-order valence-corrected chi connectivity index (χ0v) is 23.3. The number of nitrogens with one attached hydrogen (secondary N) is 3. The molecule has 1 aromatic heterocycles. The summed E-state index contributed by atoms with van der Waals surface area (Å²) in [6.07, 6.45) is 5.93. The van der Waals surface area contributed by atoms with Crippen molar-refractivity contribution in [2.75, 3.05) is 17.8 Å². The summed E-state index contributed by atoms with van der Waals surface area (Å²) in [5, 5.41) is 5.95. The first-order chi connectivity index (χ1) is 19.2. The highest BCUT2D eigenvalue weighted by Crippen LogP contribution is 2.35. The number of para-hydroxylation sites is 2. The first kappa shape index (κ1) is 28.9. The van der Waals surface area contributed by atoms with Crippen LogP contribution in [0.25, 0.3) is 0 Å². The Bertz CT molecular complexity index is 1580. The van der Waals surface area contributed by atoms with Crippen LogP contribution in [0.15, 0.2) is 90.3 Å². The molecule has 3 N–H and O–H groups in total. The molecule has 0 bridgehead atoms. The molecule has 3 aromatic carbocycles. The highest BCUT2D eigenvalue weighted by Gasteiger charge is 2.18. The minimum absolute atomic E-state index is 0.0704. The maximum absolute atomic E-state index is 13.0. The van der Waals surface area contributed by atoms with Gasteiger partial charge in [0.25, 0.3) is 15.9 Å². The Labute approximate surface area is 241 Å². The number of hydrogen-bond donors (Lipinski definition) is 3. The van der Waals surface area contributed by atoms with Crippen molar-refractivity contribution in [3.05, 3.63) is 101 Å². The summed E-state index contributed by atoms with van der Waals surface area (Å²) >= 11 is 12.1. The Morgan fingerprint density at radius 1 is 0.950 bits per heavy atom. The second-order valence-electron chi connectivity index (χ2n) is 8.49. The Kier molecular flexibility index (Phi) is 9.65. The summed E-state index contributed by atoms with van der Waals surface area (Å²) in [6, 6.07) is 16.5. The topological polar surface area (TPSA) is 131 Å². The molecule has 0 fully saturated rings. The lowest BCUT2D eigenvalue weighted by Gasteiger charge is -2.14. The Morgan fingerprint density at radius 2 is 1.73 bits per heavy atom. The average molecular weight is 602 g/mol. The summed E-state index contributed by atoms with van der Waals surface area (Å²) < 4.78 is 36.3. The van der Waals surface area contributed by atoms with Gasteiger partial charge in [-0.15, -0.1) is 0 Å². The zero-order chi connectivity index (χ0) is 28.5. The van der Waals surface area contributed by atoms with Crippen molar-refractivity contribution in [1.29, 1.82) is 0 Å². The van der Waals surface area contributed by atoms with Crippen molar-refractivity contribution < 1.29 is 22.7 Å². The maximum Gasteiger partial charge on any atom is 0.262 e. The number of aromatic nitrogens is 2. The second kappa shape index (κ2) is 13.3. The lowest BCUT2D eigenvalue weighted by atomic mass is 10.2. The molecule has 1 heterocycles. The van der Waals surface area contributed by atoms with Gasteiger partial charge in [-0.1, -0.05) is 35.3 Å². The van der Waals surface area contributed by atoms with E-state index in [-0.39, 0.29) is 39.4 Å². The van der Waals surface area contributed by atoms with Gasteiger partial charge in [0.1, 0.15) is 5.75 Å². The molecule has 13 heteroatoms. The molecule has 0 unspecified atom stereocenters. The van der Waals surface area contributed by atoms with E-state index in [4.69, 9.17) is 27.9 Å². The smallest absolute Gasteiger partial charge is 0.262 e. The number of sulfonamides is 1. The van der Waals surface area contributed by atoms with E-state index in [0.29, 0.717) is 30.3 Å². The van der Waals surface area contributed by atoms with E-state index in [1.165, 1.54) is 30.3 Å². The van der Waals surface area contributed by atoms with Crippen LogP contribution in [0.4, 0.5) is 5.69 Å². The van der Waals surface area contributed by atoms with Gasteiger partial charge in [0.15, 0.2) is 5.75 Å². The molecule has 0 aliphatic heterocycles. The number of nitrogens with zero attached hydrogens (tertiary/aromatic N) is 2. The van der Waals surface area contributed by atoms with Crippen molar-refractivity contribution in [3.8, 4) is 11.5 Å². The standard InChI is InChI=1S/C27H25Cl2N5O5S/c28-20-8-11-24(22(29)16-20)39-25-5-2-1-4-23(25)33-40(37,38)21-9-6-19(7-10-21)27(36)32-17-26(35)31-12-3-14-34-15-13-30-18-34/h1-2,4-11,13,15-16,18,33H,3,12,14,17H2,(H,31,35)(H,32,36). The average Bonchev–Trinajstić information content (AvgIpc) is 3.46. The number of hydrogen-bond acceptors (Lipinski definition) is 6. The number of carbonyl (C=O) groups is 2. The van der Waals surface area contributed by atoms with Crippen molar-refractivity contribution in [2.45, 2.75) is 17.9 Å². The van der Waals surface area contributed by atoms with Gasteiger partial charge in [0.05, 0.1) is 28.5 Å². The highest BCUT2D eigenvalue weighted by atomic mass is 35.5. The molecule has 0 aliphatic carbocycles. The van der Waals surface area contributed by atoms with Gasteiger partial charge in [0, 0.05) is 36.1 Å². The van der Waals surface area contributed by atoms with Crippen molar-refractivity contribution in [1.82, 2.24) is 20.2 Å². The van der Waals surface area contributed by atoms with Gasteiger partial charge in [0.2, 0.25) is 5.91 Å². The predicted molar refractivity (Wildman–Crippen MR) is 152 cm³/mol. The SMILES string of the molecule is O=C(CNC(=O)c1ccc(S(=O)(=O)Nc2ccccc2Oc2ccc(Cl)cc2Cl)cc1)NCCCn1ccnc1. The number of aryl methyl sites for hydroxylation is 1. The lowest BCUT2D eigenvalue weighted by molar-refractivity contribution is -0.120. The molecule has 4 rings (SSSR count). The number of amides is 2. The summed E-state index contributed by atoms with van der Waals surface area (Å²) in [6.45, 7) is 0.958. The number of ether oxygens (including phenoxy) is 1. The fourth-order valence-electron chi connectivity index (χ4n) is 3.54. The van der Waals surface area contributed by atoms with Crippen LogP contribution >= 0.6 is 23.2 Å². The van der Waals surface area contributed by atoms with E-state index >= 15 is 0 Å². The van der Waals surface area contributed by atoms with Crippen LogP contribution in [0, 0.1) is 0 Å². The van der Waals surface area contributed by atoms with Crippen LogP contribution in [0.2, 0.25) is 10.0 Å².